The van der Waals surface area contributed by atoms with Gasteiger partial charge in [-0.15, -0.1) is 0 Å². The van der Waals surface area contributed by atoms with Gasteiger partial charge in [-0.25, -0.2) is 9.79 Å². The SMILES string of the molecule is CC1(C)N=C(c2ccc(CN=[N+]=[N-])cc2)OC1=O. The molecule has 0 atom stereocenters. The first-order valence-corrected chi connectivity index (χ1v) is 5.45. The summed E-state index contributed by atoms with van der Waals surface area (Å²) >= 11 is 0. The molecule has 0 saturated carbocycles. The van der Waals surface area contributed by atoms with Gasteiger partial charge in [-0.1, -0.05) is 17.2 Å². The van der Waals surface area contributed by atoms with Crippen molar-refractivity contribution >= 4 is 11.9 Å². The van der Waals surface area contributed by atoms with Crippen LogP contribution in [0.2, 0.25) is 0 Å². The fourth-order valence-corrected chi connectivity index (χ4v) is 1.52. The number of hydrogen-bond acceptors (Lipinski definition) is 4. The first-order chi connectivity index (χ1) is 8.53. The molecule has 0 aliphatic carbocycles. The first-order valence-electron chi connectivity index (χ1n) is 5.45. The number of nitrogens with zero attached hydrogens (tertiary/aromatic N) is 4. The van der Waals surface area contributed by atoms with Gasteiger partial charge in [-0.05, 0) is 37.1 Å². The summed E-state index contributed by atoms with van der Waals surface area (Å²) in [5.41, 5.74) is 9.03. The Hall–Kier alpha value is -2.33. The third kappa shape index (κ3) is 2.33. The number of azide groups is 1. The van der Waals surface area contributed by atoms with E-state index in [1.807, 2.05) is 12.1 Å². The maximum Gasteiger partial charge on any atom is 0.340 e. The van der Waals surface area contributed by atoms with Crippen LogP contribution in [0, 0.1) is 0 Å². The number of aliphatic imine (C=N–C) groups is 1. The molecule has 92 valence electrons. The first kappa shape index (κ1) is 12.1. The molecule has 0 fully saturated rings. The van der Waals surface area contributed by atoms with Gasteiger partial charge in [0.05, 0.1) is 6.54 Å². The molecule has 1 aliphatic heterocycles. The van der Waals surface area contributed by atoms with Gasteiger partial charge in [0.15, 0.2) is 5.54 Å². The minimum atomic E-state index is -0.820. The lowest BCUT2D eigenvalue weighted by Crippen LogP contribution is -2.25. The number of carbonyl (C=O) groups excluding carboxylic acids is 1. The lowest BCUT2D eigenvalue weighted by Gasteiger charge is -2.05. The van der Waals surface area contributed by atoms with Crippen molar-refractivity contribution in [2.45, 2.75) is 25.9 Å². The molecular weight excluding hydrogens is 232 g/mol. The number of esters is 1. The molecule has 0 spiro atoms. The van der Waals surface area contributed by atoms with E-state index in [4.69, 9.17) is 10.3 Å². The Morgan fingerprint density at radius 1 is 1.39 bits per heavy atom. The summed E-state index contributed by atoms with van der Waals surface area (Å²) in [5.74, 6) is -0.0176. The highest BCUT2D eigenvalue weighted by molar-refractivity contribution is 6.07. The average Bonchev–Trinajstić information content (AvgIpc) is 2.62. The number of carbonyl (C=O) groups is 1. The Kier molecular flexibility index (Phi) is 3.04. The molecule has 0 radical (unpaired) electrons. The fourth-order valence-electron chi connectivity index (χ4n) is 1.52. The summed E-state index contributed by atoms with van der Waals surface area (Å²) in [4.78, 5) is 18.4. The van der Waals surface area contributed by atoms with Crippen LogP contribution in [0.4, 0.5) is 0 Å². The highest BCUT2D eigenvalue weighted by Crippen LogP contribution is 2.22. The van der Waals surface area contributed by atoms with E-state index in [0.717, 1.165) is 11.1 Å². The molecule has 1 heterocycles. The molecule has 6 nitrogen and oxygen atoms in total. The van der Waals surface area contributed by atoms with E-state index < -0.39 is 5.54 Å². The standard InChI is InChI=1S/C12H12N4O2/c1-12(2)11(17)18-10(15-12)9-5-3-8(4-6-9)7-14-16-13/h3-6H,7H2,1-2H3. The van der Waals surface area contributed by atoms with E-state index in [9.17, 15) is 4.79 Å². The van der Waals surface area contributed by atoms with Gasteiger partial charge >= 0.3 is 5.97 Å². The molecule has 0 saturated heterocycles. The van der Waals surface area contributed by atoms with Gasteiger partial charge in [0.1, 0.15) is 0 Å². The number of cyclic esters (lactones) is 1. The van der Waals surface area contributed by atoms with Crippen LogP contribution in [0.3, 0.4) is 0 Å². The molecule has 0 bridgehead atoms. The smallest absolute Gasteiger partial charge is 0.340 e. The fraction of sp³-hybridized carbons (Fsp3) is 0.333. The summed E-state index contributed by atoms with van der Waals surface area (Å²) < 4.78 is 5.11. The van der Waals surface area contributed by atoms with Crippen molar-refractivity contribution < 1.29 is 9.53 Å². The molecule has 0 amide bonds. The van der Waals surface area contributed by atoms with Gasteiger partial charge in [-0.3, -0.25) is 0 Å². The van der Waals surface area contributed by atoms with Gasteiger partial charge < -0.3 is 4.74 Å². The summed E-state index contributed by atoms with van der Waals surface area (Å²) in [6.45, 7) is 3.71. The molecule has 2 rings (SSSR count). The maximum atomic E-state index is 11.5. The van der Waals surface area contributed by atoms with Gasteiger partial charge in [0, 0.05) is 10.5 Å². The maximum absolute atomic E-state index is 11.5. The van der Waals surface area contributed by atoms with Crippen molar-refractivity contribution in [1.29, 1.82) is 0 Å². The second-order valence-electron chi connectivity index (χ2n) is 4.45. The number of ether oxygens (including phenoxy) is 1. The number of hydrogen-bond donors (Lipinski definition) is 0. The van der Waals surface area contributed by atoms with E-state index >= 15 is 0 Å². The summed E-state index contributed by atoms with van der Waals surface area (Å²) in [6.07, 6.45) is 0. The Labute approximate surface area is 104 Å². The van der Waals surface area contributed by atoms with E-state index in [-0.39, 0.29) is 5.97 Å². The minimum absolute atomic E-state index is 0.300. The van der Waals surface area contributed by atoms with Crippen LogP contribution >= 0.6 is 0 Å². The van der Waals surface area contributed by atoms with E-state index in [1.54, 1.807) is 26.0 Å². The Morgan fingerprint density at radius 2 is 2.06 bits per heavy atom. The van der Waals surface area contributed by atoms with Crippen LogP contribution in [0.15, 0.2) is 34.4 Å². The van der Waals surface area contributed by atoms with Crippen molar-refractivity contribution in [1.82, 2.24) is 0 Å². The highest BCUT2D eigenvalue weighted by atomic mass is 16.6. The van der Waals surface area contributed by atoms with Crippen LogP contribution in [-0.4, -0.2) is 17.4 Å². The summed E-state index contributed by atoms with van der Waals surface area (Å²) in [7, 11) is 0. The third-order valence-electron chi connectivity index (χ3n) is 2.59. The highest BCUT2D eigenvalue weighted by Gasteiger charge is 2.37. The van der Waals surface area contributed by atoms with E-state index in [2.05, 4.69) is 15.0 Å². The Balaban J connectivity index is 2.21. The molecule has 0 aromatic heterocycles. The molecule has 1 aliphatic rings. The van der Waals surface area contributed by atoms with Gasteiger partial charge in [0.2, 0.25) is 5.90 Å². The van der Waals surface area contributed by atoms with Crippen molar-refractivity contribution in [2.24, 2.45) is 10.1 Å². The van der Waals surface area contributed by atoms with Crippen molar-refractivity contribution in [3.05, 3.63) is 45.8 Å². The predicted molar refractivity (Wildman–Crippen MR) is 66.0 cm³/mol. The zero-order valence-corrected chi connectivity index (χ0v) is 10.1. The summed E-state index contributed by atoms with van der Waals surface area (Å²) in [5, 5.41) is 3.47. The lowest BCUT2D eigenvalue weighted by molar-refractivity contribution is -0.137. The Bertz CT molecular complexity index is 554. The molecule has 0 unspecified atom stereocenters. The normalized spacial score (nSPS) is 16.8. The van der Waals surface area contributed by atoms with Gasteiger partial charge in [0.25, 0.3) is 0 Å². The van der Waals surface area contributed by atoms with Crippen molar-refractivity contribution in [3.63, 3.8) is 0 Å². The molecule has 1 aromatic carbocycles. The number of benzene rings is 1. The van der Waals surface area contributed by atoms with Crippen LogP contribution in [-0.2, 0) is 16.1 Å². The van der Waals surface area contributed by atoms with E-state index in [0.29, 0.717) is 12.4 Å². The molecular formula is C12H12N4O2. The van der Waals surface area contributed by atoms with Crippen LogP contribution in [0.5, 0.6) is 0 Å². The molecule has 0 N–H and O–H groups in total. The van der Waals surface area contributed by atoms with E-state index in [1.165, 1.54) is 0 Å². The third-order valence-corrected chi connectivity index (χ3v) is 2.59. The quantitative estimate of drug-likeness (QED) is 0.354. The molecule has 1 aromatic rings. The van der Waals surface area contributed by atoms with Crippen LogP contribution in [0.25, 0.3) is 10.4 Å². The van der Waals surface area contributed by atoms with Crippen LogP contribution in [0.1, 0.15) is 25.0 Å². The Morgan fingerprint density at radius 3 is 2.56 bits per heavy atom. The second-order valence-corrected chi connectivity index (χ2v) is 4.45. The van der Waals surface area contributed by atoms with Crippen molar-refractivity contribution in [2.75, 3.05) is 0 Å². The number of rotatable bonds is 3. The average molecular weight is 244 g/mol. The van der Waals surface area contributed by atoms with Crippen LogP contribution < -0.4 is 0 Å². The topological polar surface area (TPSA) is 87.4 Å². The monoisotopic (exact) mass is 244 g/mol. The molecule has 18 heavy (non-hydrogen) atoms. The van der Waals surface area contributed by atoms with Gasteiger partial charge in [-0.2, -0.15) is 0 Å². The van der Waals surface area contributed by atoms with Crippen molar-refractivity contribution in [3.8, 4) is 0 Å². The largest absolute Gasteiger partial charge is 0.405 e. The summed E-state index contributed by atoms with van der Waals surface area (Å²) in [6, 6.07) is 7.20. The zero-order valence-electron chi connectivity index (χ0n) is 10.1. The second kappa shape index (κ2) is 4.50. The molecule has 6 heteroatoms. The predicted octanol–water partition coefficient (Wildman–Crippen LogP) is 2.58. The minimum Gasteiger partial charge on any atom is -0.405 e. The lowest BCUT2D eigenvalue weighted by atomic mass is 10.1. The zero-order chi connectivity index (χ0) is 13.2.